The molecule has 2 N–H and O–H groups in total. The summed E-state index contributed by atoms with van der Waals surface area (Å²) in [5, 5.41) is 0. The number of methoxy groups -OCH3 is 1. The molecule has 0 saturated carbocycles. The van der Waals surface area contributed by atoms with Gasteiger partial charge in [0, 0.05) is 0 Å². The zero-order valence-electron chi connectivity index (χ0n) is 8.05. The number of hydrogen-bond donors (Lipinski definition) is 1. The van der Waals surface area contributed by atoms with E-state index in [0.717, 1.165) is 11.1 Å². The first-order valence-electron chi connectivity index (χ1n) is 4.02. The molecule has 1 amide bonds. The minimum atomic E-state index is -0.458. The summed E-state index contributed by atoms with van der Waals surface area (Å²) in [4.78, 5) is 11.0. The van der Waals surface area contributed by atoms with Crippen molar-refractivity contribution in [3.63, 3.8) is 0 Å². The average Bonchev–Trinajstić information content (AvgIpc) is 2.09. The van der Waals surface area contributed by atoms with Crippen molar-refractivity contribution >= 4 is 5.91 Å². The minimum Gasteiger partial charge on any atom is -0.496 e. The summed E-state index contributed by atoms with van der Waals surface area (Å²) >= 11 is 0. The summed E-state index contributed by atoms with van der Waals surface area (Å²) in [7, 11) is 1.54. The summed E-state index contributed by atoms with van der Waals surface area (Å²) in [5.74, 6) is 0.118. The van der Waals surface area contributed by atoms with Gasteiger partial charge in [0.1, 0.15) is 5.75 Å². The molecule has 0 heterocycles. The number of aryl methyl sites for hydroxylation is 1. The summed E-state index contributed by atoms with van der Waals surface area (Å²) in [6, 6.07) is 3.54. The van der Waals surface area contributed by atoms with Crippen LogP contribution in [0.1, 0.15) is 21.5 Å². The van der Waals surface area contributed by atoms with Crippen molar-refractivity contribution in [2.24, 2.45) is 5.73 Å². The number of ether oxygens (including phenoxy) is 1. The van der Waals surface area contributed by atoms with Gasteiger partial charge in [0.25, 0.3) is 5.91 Å². The molecule has 0 atom stereocenters. The molecule has 1 aromatic rings. The van der Waals surface area contributed by atoms with E-state index in [1.54, 1.807) is 6.07 Å². The lowest BCUT2D eigenvalue weighted by atomic mass is 10.0. The molecule has 70 valence electrons. The smallest absolute Gasteiger partial charge is 0.252 e. The standard InChI is InChI=1S/C10H13NO2/c1-6-4-5-8(10(11)12)9(13-3)7(6)2/h4-5H,1-3H3,(H2,11,12). The molecule has 0 radical (unpaired) electrons. The maximum absolute atomic E-state index is 11.0. The van der Waals surface area contributed by atoms with E-state index in [-0.39, 0.29) is 0 Å². The van der Waals surface area contributed by atoms with Crippen LogP contribution < -0.4 is 10.5 Å². The predicted molar refractivity (Wildman–Crippen MR) is 51.0 cm³/mol. The van der Waals surface area contributed by atoms with E-state index in [1.807, 2.05) is 19.9 Å². The molecule has 0 fully saturated rings. The van der Waals surface area contributed by atoms with Gasteiger partial charge in [0.2, 0.25) is 0 Å². The van der Waals surface area contributed by atoms with Gasteiger partial charge >= 0.3 is 0 Å². The zero-order valence-corrected chi connectivity index (χ0v) is 8.05. The van der Waals surface area contributed by atoms with Crippen molar-refractivity contribution < 1.29 is 9.53 Å². The van der Waals surface area contributed by atoms with Gasteiger partial charge in [0.05, 0.1) is 12.7 Å². The van der Waals surface area contributed by atoms with Crippen LogP contribution in [0, 0.1) is 13.8 Å². The molecule has 0 spiro atoms. The quantitative estimate of drug-likeness (QED) is 0.746. The van der Waals surface area contributed by atoms with Crippen molar-refractivity contribution in [2.75, 3.05) is 7.11 Å². The molecule has 3 heteroatoms. The summed E-state index contributed by atoms with van der Waals surface area (Å²) in [6.07, 6.45) is 0. The highest BCUT2D eigenvalue weighted by Crippen LogP contribution is 2.25. The SMILES string of the molecule is COc1c(C(N)=O)ccc(C)c1C. The zero-order chi connectivity index (χ0) is 10.0. The Morgan fingerprint density at radius 3 is 2.46 bits per heavy atom. The molecule has 3 nitrogen and oxygen atoms in total. The second kappa shape index (κ2) is 3.47. The minimum absolute atomic E-state index is 0.436. The molecule has 0 aliphatic rings. The third-order valence-corrected chi connectivity index (χ3v) is 2.15. The summed E-state index contributed by atoms with van der Waals surface area (Å²) in [5.41, 5.74) is 7.67. The van der Waals surface area contributed by atoms with Crippen LogP contribution in [-0.2, 0) is 0 Å². The van der Waals surface area contributed by atoms with Crippen LogP contribution in [0.5, 0.6) is 5.75 Å². The van der Waals surface area contributed by atoms with Gasteiger partial charge in [-0.2, -0.15) is 0 Å². The first-order chi connectivity index (χ1) is 6.07. The fourth-order valence-electron chi connectivity index (χ4n) is 1.25. The van der Waals surface area contributed by atoms with E-state index in [1.165, 1.54) is 7.11 Å². The highest BCUT2D eigenvalue weighted by atomic mass is 16.5. The van der Waals surface area contributed by atoms with Crippen molar-refractivity contribution in [2.45, 2.75) is 13.8 Å². The van der Waals surface area contributed by atoms with Crippen molar-refractivity contribution in [3.05, 3.63) is 28.8 Å². The maximum atomic E-state index is 11.0. The third kappa shape index (κ3) is 1.64. The fourth-order valence-corrected chi connectivity index (χ4v) is 1.25. The Hall–Kier alpha value is -1.51. The van der Waals surface area contributed by atoms with E-state index in [2.05, 4.69) is 0 Å². The lowest BCUT2D eigenvalue weighted by molar-refractivity contribution is 0.0997. The molecule has 0 aliphatic carbocycles. The van der Waals surface area contributed by atoms with Gasteiger partial charge in [-0.15, -0.1) is 0 Å². The second-order valence-corrected chi connectivity index (χ2v) is 2.95. The number of carbonyl (C=O) groups is 1. The first kappa shape index (κ1) is 9.58. The van der Waals surface area contributed by atoms with Gasteiger partial charge in [-0.3, -0.25) is 4.79 Å². The third-order valence-electron chi connectivity index (χ3n) is 2.15. The molecule has 0 aromatic heterocycles. The van der Waals surface area contributed by atoms with Crippen molar-refractivity contribution in [3.8, 4) is 5.75 Å². The number of hydrogen-bond acceptors (Lipinski definition) is 2. The van der Waals surface area contributed by atoms with Gasteiger partial charge in [-0.25, -0.2) is 0 Å². The number of amides is 1. The number of benzene rings is 1. The van der Waals surface area contributed by atoms with Crippen LogP contribution in [0.25, 0.3) is 0 Å². The Balaban J connectivity index is 3.38. The predicted octanol–water partition coefficient (Wildman–Crippen LogP) is 1.41. The van der Waals surface area contributed by atoms with E-state index in [9.17, 15) is 4.79 Å². The van der Waals surface area contributed by atoms with Gasteiger partial charge in [-0.05, 0) is 31.0 Å². The Morgan fingerprint density at radius 1 is 1.38 bits per heavy atom. The molecule has 1 rings (SSSR count). The molecular weight excluding hydrogens is 166 g/mol. The molecule has 0 bridgehead atoms. The average molecular weight is 179 g/mol. The Labute approximate surface area is 77.5 Å². The number of carbonyl (C=O) groups excluding carboxylic acids is 1. The monoisotopic (exact) mass is 179 g/mol. The normalized spacial score (nSPS) is 9.77. The highest BCUT2D eigenvalue weighted by Gasteiger charge is 2.11. The van der Waals surface area contributed by atoms with Crippen molar-refractivity contribution in [1.29, 1.82) is 0 Å². The van der Waals surface area contributed by atoms with Crippen LogP contribution in [0.4, 0.5) is 0 Å². The fraction of sp³-hybridized carbons (Fsp3) is 0.300. The van der Waals surface area contributed by atoms with Crippen LogP contribution in [0.3, 0.4) is 0 Å². The molecule has 0 aliphatic heterocycles. The molecular formula is C10H13NO2. The van der Waals surface area contributed by atoms with E-state index < -0.39 is 5.91 Å². The van der Waals surface area contributed by atoms with Gasteiger partial charge in [0.15, 0.2) is 0 Å². The van der Waals surface area contributed by atoms with Crippen LogP contribution in [0.15, 0.2) is 12.1 Å². The molecule has 13 heavy (non-hydrogen) atoms. The van der Waals surface area contributed by atoms with Crippen LogP contribution >= 0.6 is 0 Å². The molecule has 0 unspecified atom stereocenters. The van der Waals surface area contributed by atoms with Gasteiger partial charge in [-0.1, -0.05) is 6.07 Å². The number of rotatable bonds is 2. The van der Waals surface area contributed by atoms with Crippen LogP contribution in [-0.4, -0.2) is 13.0 Å². The number of primary amides is 1. The molecule has 1 aromatic carbocycles. The van der Waals surface area contributed by atoms with Crippen LogP contribution in [0.2, 0.25) is 0 Å². The Bertz CT molecular complexity index is 345. The molecule has 0 saturated heterocycles. The number of nitrogens with two attached hydrogens (primary N) is 1. The maximum Gasteiger partial charge on any atom is 0.252 e. The van der Waals surface area contributed by atoms with Crippen molar-refractivity contribution in [1.82, 2.24) is 0 Å². The van der Waals surface area contributed by atoms with E-state index in [4.69, 9.17) is 10.5 Å². The Morgan fingerprint density at radius 2 is 2.00 bits per heavy atom. The van der Waals surface area contributed by atoms with Gasteiger partial charge < -0.3 is 10.5 Å². The summed E-state index contributed by atoms with van der Waals surface area (Å²) in [6.45, 7) is 3.86. The Kier molecular flexibility index (Phi) is 2.56. The summed E-state index contributed by atoms with van der Waals surface area (Å²) < 4.78 is 5.12. The topological polar surface area (TPSA) is 52.3 Å². The highest BCUT2D eigenvalue weighted by molar-refractivity contribution is 5.96. The largest absolute Gasteiger partial charge is 0.496 e. The lowest BCUT2D eigenvalue weighted by Crippen LogP contribution is -2.13. The second-order valence-electron chi connectivity index (χ2n) is 2.95. The lowest BCUT2D eigenvalue weighted by Gasteiger charge is -2.10. The first-order valence-corrected chi connectivity index (χ1v) is 4.02. The van der Waals surface area contributed by atoms with E-state index >= 15 is 0 Å². The van der Waals surface area contributed by atoms with E-state index in [0.29, 0.717) is 11.3 Å².